The Labute approximate surface area is 127 Å². The molecule has 0 spiro atoms. The Kier molecular flexibility index (Phi) is 4.31. The zero-order valence-corrected chi connectivity index (χ0v) is 12.1. The first-order chi connectivity index (χ1) is 10.2. The van der Waals surface area contributed by atoms with Gasteiger partial charge in [-0.1, -0.05) is 23.7 Å². The van der Waals surface area contributed by atoms with E-state index in [-0.39, 0.29) is 11.9 Å². The first-order valence-corrected chi connectivity index (χ1v) is 7.24. The van der Waals surface area contributed by atoms with Crippen LogP contribution < -0.4 is 5.32 Å². The highest BCUT2D eigenvalue weighted by atomic mass is 35.5. The molecule has 4 nitrogen and oxygen atoms in total. The zero-order valence-electron chi connectivity index (χ0n) is 11.4. The first-order valence-electron chi connectivity index (χ1n) is 6.87. The van der Waals surface area contributed by atoms with E-state index < -0.39 is 0 Å². The molecular formula is C15H15ClFN3O. The van der Waals surface area contributed by atoms with Crippen LogP contribution in [0, 0.1) is 5.82 Å². The number of aromatic nitrogens is 2. The minimum absolute atomic E-state index is 0.205. The molecule has 1 aliphatic heterocycles. The molecule has 1 atom stereocenters. The largest absolute Gasteiger partial charge is 0.376 e. The summed E-state index contributed by atoms with van der Waals surface area (Å²) in [5.41, 5.74) is 0.595. The predicted molar refractivity (Wildman–Crippen MR) is 79.9 cm³/mol. The standard InChI is InChI=1S/C15H15ClFN3O/c16-13-8-14(18-9-12-5-2-6-21-12)20-15(19-13)10-3-1-4-11(17)7-10/h1,3-4,7-8,12H,2,5-6,9H2,(H,18,19,20)/t12-/m1/s1. The minimum atomic E-state index is -0.329. The number of ether oxygens (including phenoxy) is 1. The molecule has 3 rings (SSSR count). The van der Waals surface area contributed by atoms with Crippen molar-refractivity contribution in [3.8, 4) is 11.4 Å². The van der Waals surface area contributed by atoms with E-state index >= 15 is 0 Å². The number of hydrogen-bond acceptors (Lipinski definition) is 4. The third-order valence-corrected chi connectivity index (χ3v) is 3.51. The topological polar surface area (TPSA) is 47.0 Å². The summed E-state index contributed by atoms with van der Waals surface area (Å²) in [6.07, 6.45) is 2.34. The summed E-state index contributed by atoms with van der Waals surface area (Å²) in [6, 6.07) is 7.78. The molecule has 21 heavy (non-hydrogen) atoms. The molecule has 1 aliphatic rings. The van der Waals surface area contributed by atoms with E-state index in [2.05, 4.69) is 15.3 Å². The van der Waals surface area contributed by atoms with E-state index in [4.69, 9.17) is 16.3 Å². The third kappa shape index (κ3) is 3.68. The summed E-state index contributed by atoms with van der Waals surface area (Å²) in [6.45, 7) is 1.49. The van der Waals surface area contributed by atoms with Crippen molar-refractivity contribution in [3.05, 3.63) is 41.3 Å². The molecule has 1 saturated heterocycles. The Morgan fingerprint density at radius 2 is 2.24 bits per heavy atom. The van der Waals surface area contributed by atoms with Crippen LogP contribution in [0.2, 0.25) is 5.15 Å². The van der Waals surface area contributed by atoms with Gasteiger partial charge in [-0.3, -0.25) is 0 Å². The van der Waals surface area contributed by atoms with Crippen molar-refractivity contribution in [2.45, 2.75) is 18.9 Å². The number of rotatable bonds is 4. The Hall–Kier alpha value is -1.72. The lowest BCUT2D eigenvalue weighted by molar-refractivity contribution is 0.120. The molecule has 0 aliphatic carbocycles. The second-order valence-electron chi connectivity index (χ2n) is 4.93. The molecule has 1 aromatic heterocycles. The molecule has 2 aromatic rings. The lowest BCUT2D eigenvalue weighted by Crippen LogP contribution is -2.19. The monoisotopic (exact) mass is 307 g/mol. The van der Waals surface area contributed by atoms with Crippen LogP contribution in [0.25, 0.3) is 11.4 Å². The van der Waals surface area contributed by atoms with E-state index in [1.54, 1.807) is 18.2 Å². The fourth-order valence-corrected chi connectivity index (χ4v) is 2.47. The molecule has 0 unspecified atom stereocenters. The van der Waals surface area contributed by atoms with Crippen molar-refractivity contribution < 1.29 is 9.13 Å². The number of nitrogens with one attached hydrogen (secondary N) is 1. The molecule has 1 fully saturated rings. The number of halogens is 2. The van der Waals surface area contributed by atoms with Gasteiger partial charge < -0.3 is 10.1 Å². The van der Waals surface area contributed by atoms with E-state index in [0.29, 0.717) is 28.9 Å². The van der Waals surface area contributed by atoms with Crippen molar-refractivity contribution in [1.82, 2.24) is 9.97 Å². The van der Waals surface area contributed by atoms with Gasteiger partial charge in [0.1, 0.15) is 16.8 Å². The van der Waals surface area contributed by atoms with Gasteiger partial charge in [0, 0.05) is 24.8 Å². The van der Waals surface area contributed by atoms with E-state index in [0.717, 1.165) is 19.4 Å². The lowest BCUT2D eigenvalue weighted by atomic mass is 10.2. The van der Waals surface area contributed by atoms with Crippen molar-refractivity contribution in [3.63, 3.8) is 0 Å². The van der Waals surface area contributed by atoms with Crippen LogP contribution in [0.1, 0.15) is 12.8 Å². The highest BCUT2D eigenvalue weighted by Gasteiger charge is 2.15. The molecule has 0 bridgehead atoms. The molecule has 0 radical (unpaired) electrons. The Bertz CT molecular complexity index is 632. The zero-order chi connectivity index (χ0) is 14.7. The molecule has 6 heteroatoms. The summed E-state index contributed by atoms with van der Waals surface area (Å²) in [5, 5.41) is 3.52. The summed E-state index contributed by atoms with van der Waals surface area (Å²) in [4.78, 5) is 8.52. The van der Waals surface area contributed by atoms with Crippen molar-refractivity contribution in [2.24, 2.45) is 0 Å². The van der Waals surface area contributed by atoms with Crippen LogP contribution >= 0.6 is 11.6 Å². The second-order valence-corrected chi connectivity index (χ2v) is 5.31. The minimum Gasteiger partial charge on any atom is -0.376 e. The van der Waals surface area contributed by atoms with Crippen molar-refractivity contribution in [2.75, 3.05) is 18.5 Å². The maximum Gasteiger partial charge on any atom is 0.163 e. The number of benzene rings is 1. The van der Waals surface area contributed by atoms with Crippen molar-refractivity contribution >= 4 is 17.4 Å². The third-order valence-electron chi connectivity index (χ3n) is 3.31. The van der Waals surface area contributed by atoms with E-state index in [1.165, 1.54) is 12.1 Å². The smallest absolute Gasteiger partial charge is 0.163 e. The molecule has 2 heterocycles. The maximum absolute atomic E-state index is 13.3. The molecule has 0 saturated carbocycles. The summed E-state index contributed by atoms with van der Waals surface area (Å²) < 4.78 is 18.8. The number of hydrogen-bond donors (Lipinski definition) is 1. The highest BCUT2D eigenvalue weighted by Crippen LogP contribution is 2.21. The van der Waals surface area contributed by atoms with Gasteiger partial charge in [-0.15, -0.1) is 0 Å². The summed E-state index contributed by atoms with van der Waals surface area (Å²) in [7, 11) is 0. The van der Waals surface area contributed by atoms with Gasteiger partial charge in [0.25, 0.3) is 0 Å². The average Bonchev–Trinajstić information content (AvgIpc) is 2.98. The quantitative estimate of drug-likeness (QED) is 0.878. The predicted octanol–water partition coefficient (Wildman–Crippen LogP) is 3.53. The molecule has 110 valence electrons. The highest BCUT2D eigenvalue weighted by molar-refractivity contribution is 6.29. The molecule has 0 amide bonds. The van der Waals surface area contributed by atoms with Crippen LogP contribution in [0.4, 0.5) is 10.2 Å². The van der Waals surface area contributed by atoms with Crippen molar-refractivity contribution in [1.29, 1.82) is 0 Å². The van der Waals surface area contributed by atoms with Gasteiger partial charge in [0.05, 0.1) is 6.10 Å². The molecule has 1 aromatic carbocycles. The van der Waals surface area contributed by atoms with Gasteiger partial charge in [-0.05, 0) is 25.0 Å². The van der Waals surface area contributed by atoms with E-state index in [1.807, 2.05) is 0 Å². The Morgan fingerprint density at radius 1 is 1.33 bits per heavy atom. The van der Waals surface area contributed by atoms with Gasteiger partial charge in [-0.2, -0.15) is 0 Å². The normalized spacial score (nSPS) is 17.9. The SMILES string of the molecule is Fc1cccc(-c2nc(Cl)cc(NC[C@H]3CCCO3)n2)c1. The second kappa shape index (κ2) is 6.37. The van der Waals surface area contributed by atoms with Crippen LogP contribution in [-0.2, 0) is 4.74 Å². The Morgan fingerprint density at radius 3 is 3.00 bits per heavy atom. The van der Waals surface area contributed by atoms with E-state index in [9.17, 15) is 4.39 Å². The van der Waals surface area contributed by atoms with Gasteiger partial charge in [-0.25, -0.2) is 14.4 Å². The average molecular weight is 308 g/mol. The molecular weight excluding hydrogens is 293 g/mol. The van der Waals surface area contributed by atoms with Crippen LogP contribution in [0.3, 0.4) is 0 Å². The van der Waals surface area contributed by atoms with Gasteiger partial charge >= 0.3 is 0 Å². The molecule has 1 N–H and O–H groups in total. The van der Waals surface area contributed by atoms with Crippen LogP contribution in [0.15, 0.2) is 30.3 Å². The fourth-order valence-electron chi connectivity index (χ4n) is 2.29. The Balaban J connectivity index is 1.78. The van der Waals surface area contributed by atoms with Gasteiger partial charge in [0.2, 0.25) is 0 Å². The first kappa shape index (κ1) is 14.2. The van der Waals surface area contributed by atoms with Crippen LogP contribution in [-0.4, -0.2) is 29.2 Å². The fraction of sp³-hybridized carbons (Fsp3) is 0.333. The number of anilines is 1. The summed E-state index contributed by atoms with van der Waals surface area (Å²) >= 11 is 6.02. The lowest BCUT2D eigenvalue weighted by Gasteiger charge is -2.12. The number of nitrogens with zero attached hydrogens (tertiary/aromatic N) is 2. The van der Waals surface area contributed by atoms with Crippen LogP contribution in [0.5, 0.6) is 0 Å². The summed E-state index contributed by atoms with van der Waals surface area (Å²) in [5.74, 6) is 0.687. The maximum atomic E-state index is 13.3. The van der Waals surface area contributed by atoms with Gasteiger partial charge in [0.15, 0.2) is 5.82 Å².